The van der Waals surface area contributed by atoms with E-state index in [4.69, 9.17) is 0 Å². The van der Waals surface area contributed by atoms with Crippen LogP contribution >= 0.6 is 0 Å². The van der Waals surface area contributed by atoms with E-state index >= 15 is 0 Å². The van der Waals surface area contributed by atoms with E-state index in [2.05, 4.69) is 9.88 Å². The third-order valence-corrected chi connectivity index (χ3v) is 3.32. The zero-order chi connectivity index (χ0) is 13.1. The third-order valence-electron chi connectivity index (χ3n) is 3.32. The van der Waals surface area contributed by atoms with E-state index in [1.807, 2.05) is 13.0 Å². The average Bonchev–Trinajstić information content (AvgIpc) is 2.38. The van der Waals surface area contributed by atoms with Gasteiger partial charge in [0.25, 0.3) is 0 Å². The molecule has 0 aliphatic carbocycles. The molecule has 0 aromatic carbocycles. The Morgan fingerprint density at radius 3 is 2.56 bits per heavy atom. The molecular weight excluding hydrogens is 230 g/mol. The van der Waals surface area contributed by atoms with Crippen LogP contribution in [0.3, 0.4) is 0 Å². The number of hydrogen-bond donors (Lipinski definition) is 1. The first-order valence-electron chi connectivity index (χ1n) is 6.20. The Kier molecular flexibility index (Phi) is 3.81. The summed E-state index contributed by atoms with van der Waals surface area (Å²) < 4.78 is 0. The van der Waals surface area contributed by atoms with Gasteiger partial charge in [0.2, 0.25) is 6.41 Å². The highest BCUT2D eigenvalue weighted by molar-refractivity contribution is 5.51. The molecule has 5 nitrogen and oxygen atoms in total. The quantitative estimate of drug-likeness (QED) is 0.802. The first kappa shape index (κ1) is 12.8. The topological polar surface area (TPSA) is 56.7 Å². The predicted molar refractivity (Wildman–Crippen MR) is 69.5 cm³/mol. The number of aliphatic hydroxyl groups is 1. The van der Waals surface area contributed by atoms with Crippen molar-refractivity contribution in [3.63, 3.8) is 0 Å². The first-order chi connectivity index (χ1) is 8.61. The highest BCUT2D eigenvalue weighted by Crippen LogP contribution is 2.21. The maximum atomic E-state index is 10.7. The van der Waals surface area contributed by atoms with Gasteiger partial charge in [-0.25, -0.2) is 4.98 Å². The molecule has 1 aliphatic heterocycles. The minimum absolute atomic E-state index is 0.489. The van der Waals surface area contributed by atoms with Crippen LogP contribution < -0.4 is 4.90 Å². The maximum Gasteiger partial charge on any atom is 0.209 e. The predicted octanol–water partition coefficient (Wildman–Crippen LogP) is 0.722. The van der Waals surface area contributed by atoms with Gasteiger partial charge in [-0.3, -0.25) is 4.79 Å². The van der Waals surface area contributed by atoms with Crippen LogP contribution in [0.5, 0.6) is 0 Å². The molecule has 1 aliphatic rings. The molecule has 0 spiro atoms. The molecule has 0 radical (unpaired) electrons. The summed E-state index contributed by atoms with van der Waals surface area (Å²) >= 11 is 0. The second-order valence-electron chi connectivity index (χ2n) is 4.71. The van der Waals surface area contributed by atoms with Crippen LogP contribution in [0.1, 0.15) is 24.2 Å². The molecule has 1 amide bonds. The number of nitrogens with zero attached hydrogens (tertiary/aromatic N) is 3. The van der Waals surface area contributed by atoms with Crippen LogP contribution in [0, 0.1) is 6.92 Å². The highest BCUT2D eigenvalue weighted by atomic mass is 16.3. The van der Waals surface area contributed by atoms with Crippen molar-refractivity contribution in [2.45, 2.75) is 20.0 Å². The second kappa shape index (κ2) is 5.35. The van der Waals surface area contributed by atoms with Crippen LogP contribution in [0.25, 0.3) is 0 Å². The van der Waals surface area contributed by atoms with Crippen molar-refractivity contribution in [1.82, 2.24) is 9.88 Å². The number of hydrogen-bond acceptors (Lipinski definition) is 4. The van der Waals surface area contributed by atoms with Crippen LogP contribution in [0.2, 0.25) is 0 Å². The lowest BCUT2D eigenvalue weighted by molar-refractivity contribution is -0.118. The van der Waals surface area contributed by atoms with Gasteiger partial charge in [-0.05, 0) is 31.0 Å². The van der Waals surface area contributed by atoms with E-state index in [1.54, 1.807) is 18.0 Å². The number of aliphatic hydroxyl groups excluding tert-OH is 1. The summed E-state index contributed by atoms with van der Waals surface area (Å²) in [4.78, 5) is 19.0. The van der Waals surface area contributed by atoms with Crippen LogP contribution in [0.4, 0.5) is 5.82 Å². The van der Waals surface area contributed by atoms with E-state index in [9.17, 15) is 9.90 Å². The molecule has 2 heterocycles. The molecule has 1 atom stereocenters. The van der Waals surface area contributed by atoms with Crippen molar-refractivity contribution in [2.24, 2.45) is 0 Å². The van der Waals surface area contributed by atoms with Crippen molar-refractivity contribution < 1.29 is 9.90 Å². The minimum atomic E-state index is -0.489. The monoisotopic (exact) mass is 249 g/mol. The molecule has 1 N–H and O–H groups in total. The van der Waals surface area contributed by atoms with Gasteiger partial charge in [0.1, 0.15) is 5.82 Å². The summed E-state index contributed by atoms with van der Waals surface area (Å²) in [6.07, 6.45) is 2.13. The largest absolute Gasteiger partial charge is 0.389 e. The van der Waals surface area contributed by atoms with E-state index in [-0.39, 0.29) is 0 Å². The normalized spacial score (nSPS) is 17.7. The number of carbonyl (C=O) groups is 1. The fourth-order valence-electron chi connectivity index (χ4n) is 2.19. The molecule has 0 unspecified atom stereocenters. The Hall–Kier alpha value is -1.62. The van der Waals surface area contributed by atoms with E-state index in [1.165, 1.54) is 0 Å². The lowest BCUT2D eigenvalue weighted by Gasteiger charge is -2.34. The number of carbonyl (C=O) groups excluding carboxylic acids is 1. The minimum Gasteiger partial charge on any atom is -0.389 e. The number of anilines is 1. The van der Waals surface area contributed by atoms with Crippen LogP contribution in [-0.4, -0.2) is 47.6 Å². The fraction of sp³-hybridized carbons (Fsp3) is 0.538. The number of pyridine rings is 1. The van der Waals surface area contributed by atoms with Gasteiger partial charge < -0.3 is 14.9 Å². The second-order valence-corrected chi connectivity index (χ2v) is 4.71. The van der Waals surface area contributed by atoms with Crippen molar-refractivity contribution >= 4 is 12.2 Å². The summed E-state index contributed by atoms with van der Waals surface area (Å²) in [5, 5.41) is 9.52. The molecule has 98 valence electrons. The standard InChI is InChI=1S/C13H19N3O2/c1-10-7-12(11(2)18)8-14-13(10)16-5-3-15(9-17)4-6-16/h7-9,11,18H,3-6H2,1-2H3/t11-/m1/s1. The molecule has 1 saturated heterocycles. The molecule has 0 bridgehead atoms. The van der Waals surface area contributed by atoms with Gasteiger partial charge in [0.05, 0.1) is 6.10 Å². The lowest BCUT2D eigenvalue weighted by Crippen LogP contribution is -2.46. The Labute approximate surface area is 107 Å². The van der Waals surface area contributed by atoms with Crippen molar-refractivity contribution in [1.29, 1.82) is 0 Å². The van der Waals surface area contributed by atoms with Crippen molar-refractivity contribution in [2.75, 3.05) is 31.1 Å². The fourth-order valence-corrected chi connectivity index (χ4v) is 2.19. The van der Waals surface area contributed by atoms with Gasteiger partial charge >= 0.3 is 0 Å². The molecule has 2 rings (SSSR count). The smallest absolute Gasteiger partial charge is 0.209 e. The lowest BCUT2D eigenvalue weighted by atomic mass is 10.1. The third kappa shape index (κ3) is 2.61. The number of rotatable bonds is 3. The Morgan fingerprint density at radius 2 is 2.06 bits per heavy atom. The van der Waals surface area contributed by atoms with E-state index in [0.29, 0.717) is 0 Å². The van der Waals surface area contributed by atoms with Gasteiger partial charge in [-0.15, -0.1) is 0 Å². The first-order valence-corrected chi connectivity index (χ1v) is 6.20. The summed E-state index contributed by atoms with van der Waals surface area (Å²) in [5.74, 6) is 0.949. The van der Waals surface area contributed by atoms with Crippen LogP contribution in [-0.2, 0) is 4.79 Å². The van der Waals surface area contributed by atoms with E-state index < -0.39 is 6.10 Å². The van der Waals surface area contributed by atoms with Crippen molar-refractivity contribution in [3.8, 4) is 0 Å². The van der Waals surface area contributed by atoms with Gasteiger partial charge in [0, 0.05) is 32.4 Å². The maximum absolute atomic E-state index is 10.7. The average molecular weight is 249 g/mol. The molecule has 0 saturated carbocycles. The van der Waals surface area contributed by atoms with Gasteiger partial charge in [-0.2, -0.15) is 0 Å². The Bertz CT molecular complexity index is 426. The summed E-state index contributed by atoms with van der Waals surface area (Å²) in [5.41, 5.74) is 1.90. The number of amides is 1. The summed E-state index contributed by atoms with van der Waals surface area (Å²) in [6.45, 7) is 6.83. The molecule has 1 aromatic rings. The number of piperazine rings is 1. The summed E-state index contributed by atoms with van der Waals surface area (Å²) in [7, 11) is 0. The van der Waals surface area contributed by atoms with Crippen molar-refractivity contribution in [3.05, 3.63) is 23.4 Å². The zero-order valence-electron chi connectivity index (χ0n) is 10.8. The molecule has 18 heavy (non-hydrogen) atoms. The van der Waals surface area contributed by atoms with Gasteiger partial charge in [-0.1, -0.05) is 0 Å². The Morgan fingerprint density at radius 1 is 1.39 bits per heavy atom. The molecule has 1 aromatic heterocycles. The van der Waals surface area contributed by atoms with E-state index in [0.717, 1.165) is 49.5 Å². The molecule has 1 fully saturated rings. The number of aromatic nitrogens is 1. The summed E-state index contributed by atoms with van der Waals surface area (Å²) in [6, 6.07) is 1.97. The van der Waals surface area contributed by atoms with Crippen LogP contribution in [0.15, 0.2) is 12.3 Å². The zero-order valence-corrected chi connectivity index (χ0v) is 10.8. The van der Waals surface area contributed by atoms with Gasteiger partial charge in [0.15, 0.2) is 0 Å². The molecular formula is C13H19N3O2. The number of aryl methyl sites for hydroxylation is 1. The SMILES string of the molecule is Cc1cc([C@@H](C)O)cnc1N1CCN(C=O)CC1. The Balaban J connectivity index is 2.12. The molecule has 5 heteroatoms. The highest BCUT2D eigenvalue weighted by Gasteiger charge is 2.18.